The second-order valence-corrected chi connectivity index (χ2v) is 3.71. The van der Waals surface area contributed by atoms with Crippen LogP contribution in [0, 0.1) is 0 Å². The summed E-state index contributed by atoms with van der Waals surface area (Å²) in [6, 6.07) is 7.27. The molecule has 0 aliphatic carbocycles. The third-order valence-corrected chi connectivity index (χ3v) is 2.61. The van der Waals surface area contributed by atoms with Crippen LogP contribution in [0.15, 0.2) is 35.0 Å². The Bertz CT molecular complexity index is 718. The van der Waals surface area contributed by atoms with E-state index in [9.17, 15) is 4.79 Å². The van der Waals surface area contributed by atoms with Crippen LogP contribution < -0.4 is 0 Å². The summed E-state index contributed by atoms with van der Waals surface area (Å²) < 4.78 is 5.12. The van der Waals surface area contributed by atoms with Gasteiger partial charge in [0.25, 0.3) is 0 Å². The Hall–Kier alpha value is -2.43. The molecule has 2 aromatic heterocycles. The molecule has 0 spiro atoms. The zero-order valence-electron chi connectivity index (χ0n) is 8.75. The first-order chi connectivity index (χ1) is 8.25. The van der Waals surface area contributed by atoms with Crippen molar-refractivity contribution in [2.24, 2.45) is 0 Å². The van der Waals surface area contributed by atoms with Crippen LogP contribution in [0.4, 0.5) is 0 Å². The normalized spacial score (nSPS) is 11.1. The molecular formula is C12H8N2O3. The first-order valence-electron chi connectivity index (χ1n) is 5.09. The zero-order valence-corrected chi connectivity index (χ0v) is 8.75. The molecule has 3 aromatic rings. The average Bonchev–Trinajstić information content (AvgIpc) is 2.72. The smallest absolute Gasteiger partial charge is 0.309 e. The highest BCUT2D eigenvalue weighted by atomic mass is 16.5. The van der Waals surface area contributed by atoms with Gasteiger partial charge in [0.15, 0.2) is 5.58 Å². The lowest BCUT2D eigenvalue weighted by molar-refractivity contribution is -0.136. The van der Waals surface area contributed by atoms with E-state index in [1.807, 2.05) is 12.1 Å². The predicted molar refractivity (Wildman–Crippen MR) is 60.6 cm³/mol. The third-order valence-electron chi connectivity index (χ3n) is 2.61. The molecule has 0 radical (unpaired) electrons. The molecule has 0 saturated carbocycles. The lowest BCUT2D eigenvalue weighted by Crippen LogP contribution is -2.00. The molecule has 0 bridgehead atoms. The van der Waals surface area contributed by atoms with Gasteiger partial charge in [0, 0.05) is 11.6 Å². The summed E-state index contributed by atoms with van der Waals surface area (Å²) in [6.07, 6.45) is 1.54. The maximum absolute atomic E-state index is 10.7. The molecule has 1 N–H and O–H groups in total. The molecule has 3 rings (SSSR count). The van der Waals surface area contributed by atoms with Gasteiger partial charge >= 0.3 is 5.97 Å². The molecular weight excluding hydrogens is 220 g/mol. The highest BCUT2D eigenvalue weighted by Gasteiger charge is 2.14. The van der Waals surface area contributed by atoms with Gasteiger partial charge in [0.05, 0.1) is 17.3 Å². The molecule has 0 fully saturated rings. The fraction of sp³-hybridized carbons (Fsp3) is 0.0833. The first-order valence-corrected chi connectivity index (χ1v) is 5.09. The van der Waals surface area contributed by atoms with E-state index in [1.165, 1.54) is 0 Å². The van der Waals surface area contributed by atoms with Gasteiger partial charge in [-0.15, -0.1) is 0 Å². The molecule has 2 heterocycles. The van der Waals surface area contributed by atoms with Crippen molar-refractivity contribution in [2.75, 3.05) is 0 Å². The van der Waals surface area contributed by atoms with Crippen molar-refractivity contribution in [1.82, 2.24) is 10.1 Å². The summed E-state index contributed by atoms with van der Waals surface area (Å²) in [5.41, 5.74) is 1.82. The molecule has 5 heteroatoms. The number of carbonyl (C=O) groups is 1. The van der Waals surface area contributed by atoms with Gasteiger partial charge in [-0.3, -0.25) is 9.78 Å². The number of aromatic nitrogens is 2. The Morgan fingerprint density at radius 3 is 3.06 bits per heavy atom. The number of fused-ring (bicyclic) bond motifs is 3. The van der Waals surface area contributed by atoms with E-state index in [-0.39, 0.29) is 6.42 Å². The largest absolute Gasteiger partial charge is 0.481 e. The molecule has 0 atom stereocenters. The highest BCUT2D eigenvalue weighted by molar-refractivity contribution is 6.06. The summed E-state index contributed by atoms with van der Waals surface area (Å²) in [5.74, 6) is -0.930. The van der Waals surface area contributed by atoms with Crippen molar-refractivity contribution in [2.45, 2.75) is 6.42 Å². The Morgan fingerprint density at radius 2 is 2.24 bits per heavy atom. The van der Waals surface area contributed by atoms with Crippen molar-refractivity contribution in [1.29, 1.82) is 0 Å². The average molecular weight is 228 g/mol. The molecule has 0 aliphatic heterocycles. The summed E-state index contributed by atoms with van der Waals surface area (Å²) in [6.45, 7) is 0. The molecule has 0 aliphatic rings. The number of pyridine rings is 1. The molecule has 0 amide bonds. The molecule has 0 unspecified atom stereocenters. The van der Waals surface area contributed by atoms with Gasteiger partial charge in [-0.05, 0) is 18.2 Å². The number of carboxylic acids is 1. The van der Waals surface area contributed by atoms with E-state index in [0.717, 1.165) is 16.3 Å². The van der Waals surface area contributed by atoms with Crippen LogP contribution in [-0.4, -0.2) is 21.2 Å². The van der Waals surface area contributed by atoms with Crippen molar-refractivity contribution in [3.05, 3.63) is 36.2 Å². The minimum Gasteiger partial charge on any atom is -0.481 e. The minimum atomic E-state index is -0.930. The van der Waals surface area contributed by atoms with Gasteiger partial charge in [-0.2, -0.15) is 0 Å². The van der Waals surface area contributed by atoms with Gasteiger partial charge in [0.1, 0.15) is 5.69 Å². The second kappa shape index (κ2) is 3.55. The fourth-order valence-corrected chi connectivity index (χ4v) is 1.92. The number of hydrogen-bond acceptors (Lipinski definition) is 4. The molecule has 84 valence electrons. The summed E-state index contributed by atoms with van der Waals surface area (Å²) >= 11 is 0. The highest BCUT2D eigenvalue weighted by Crippen LogP contribution is 2.27. The van der Waals surface area contributed by atoms with Crippen molar-refractivity contribution in [3.63, 3.8) is 0 Å². The van der Waals surface area contributed by atoms with Gasteiger partial charge in [-0.25, -0.2) is 0 Å². The van der Waals surface area contributed by atoms with Crippen LogP contribution in [0.1, 0.15) is 5.69 Å². The lowest BCUT2D eigenvalue weighted by atomic mass is 10.1. The van der Waals surface area contributed by atoms with E-state index in [1.54, 1.807) is 18.3 Å². The Kier molecular flexibility index (Phi) is 2.04. The number of nitrogens with zero attached hydrogens (tertiary/aromatic N) is 2. The van der Waals surface area contributed by atoms with Gasteiger partial charge in [0.2, 0.25) is 0 Å². The van der Waals surface area contributed by atoms with Crippen LogP contribution >= 0.6 is 0 Å². The maximum atomic E-state index is 10.7. The monoisotopic (exact) mass is 228 g/mol. The number of rotatable bonds is 2. The first kappa shape index (κ1) is 9.77. The predicted octanol–water partition coefficient (Wildman–Crippen LogP) is 2.00. The minimum absolute atomic E-state index is 0.152. The SMILES string of the molecule is O=C(O)Cc1noc2ccc3ncccc3c12. The van der Waals surface area contributed by atoms with E-state index in [0.29, 0.717) is 11.3 Å². The fourth-order valence-electron chi connectivity index (χ4n) is 1.92. The van der Waals surface area contributed by atoms with E-state index in [4.69, 9.17) is 9.63 Å². The van der Waals surface area contributed by atoms with Crippen LogP contribution in [0.5, 0.6) is 0 Å². The molecule has 5 nitrogen and oxygen atoms in total. The molecule has 0 saturated heterocycles. The molecule has 17 heavy (non-hydrogen) atoms. The second-order valence-electron chi connectivity index (χ2n) is 3.71. The summed E-state index contributed by atoms with van der Waals surface area (Å²) in [7, 11) is 0. The van der Waals surface area contributed by atoms with E-state index >= 15 is 0 Å². The van der Waals surface area contributed by atoms with Crippen LogP contribution in [0.2, 0.25) is 0 Å². The van der Waals surface area contributed by atoms with E-state index < -0.39 is 5.97 Å². The summed E-state index contributed by atoms with van der Waals surface area (Å²) in [4.78, 5) is 15.0. The van der Waals surface area contributed by atoms with Crippen LogP contribution in [0.25, 0.3) is 21.9 Å². The standard InChI is InChI=1S/C12H8N2O3/c15-11(16)6-9-12-7-2-1-5-13-8(7)3-4-10(12)17-14-9/h1-5H,6H2,(H,15,16). The van der Waals surface area contributed by atoms with Crippen LogP contribution in [-0.2, 0) is 11.2 Å². The van der Waals surface area contributed by atoms with E-state index in [2.05, 4.69) is 10.1 Å². The van der Waals surface area contributed by atoms with Crippen molar-refractivity contribution < 1.29 is 14.4 Å². The Balaban J connectivity index is 2.38. The van der Waals surface area contributed by atoms with Gasteiger partial charge in [-0.1, -0.05) is 11.2 Å². The van der Waals surface area contributed by atoms with Crippen molar-refractivity contribution in [3.8, 4) is 0 Å². The number of hydrogen-bond donors (Lipinski definition) is 1. The summed E-state index contributed by atoms with van der Waals surface area (Å²) in [5, 5.41) is 14.2. The van der Waals surface area contributed by atoms with Gasteiger partial charge < -0.3 is 9.63 Å². The molecule has 1 aromatic carbocycles. The number of carboxylic acid groups (broad SMARTS) is 1. The maximum Gasteiger partial charge on any atom is 0.309 e. The van der Waals surface area contributed by atoms with Crippen molar-refractivity contribution >= 4 is 27.8 Å². The zero-order chi connectivity index (χ0) is 11.8. The topological polar surface area (TPSA) is 76.2 Å². The van der Waals surface area contributed by atoms with Crippen LogP contribution in [0.3, 0.4) is 0 Å². The number of aliphatic carboxylic acids is 1. The third kappa shape index (κ3) is 1.52. The Labute approximate surface area is 95.7 Å². The number of benzene rings is 1. The quantitative estimate of drug-likeness (QED) is 0.725. The lowest BCUT2D eigenvalue weighted by Gasteiger charge is -1.97. The Morgan fingerprint density at radius 1 is 1.35 bits per heavy atom.